The maximum atomic E-state index is 12.0. The van der Waals surface area contributed by atoms with Crippen LogP contribution in [0, 0.1) is 0 Å². The first kappa shape index (κ1) is 13.0. The van der Waals surface area contributed by atoms with Crippen molar-refractivity contribution >= 4 is 21.7 Å². The number of hydrogen-bond donors (Lipinski definition) is 0. The summed E-state index contributed by atoms with van der Waals surface area (Å²) >= 11 is 3.02. The van der Waals surface area contributed by atoms with Gasteiger partial charge in [-0.15, -0.1) is 13.2 Å². The molecule has 16 heavy (non-hydrogen) atoms. The highest BCUT2D eigenvalue weighted by Crippen LogP contribution is 2.27. The monoisotopic (exact) mass is 296 g/mol. The molecule has 0 bridgehead atoms. The van der Waals surface area contributed by atoms with Crippen molar-refractivity contribution in [3.63, 3.8) is 0 Å². The van der Waals surface area contributed by atoms with Crippen LogP contribution in [-0.4, -0.2) is 12.1 Å². The number of carbonyl (C=O) groups is 1. The van der Waals surface area contributed by atoms with Crippen molar-refractivity contribution in [1.29, 1.82) is 0 Å². The quantitative estimate of drug-likeness (QED) is 0.790. The van der Waals surface area contributed by atoms with Crippen LogP contribution < -0.4 is 4.74 Å². The van der Waals surface area contributed by atoms with Gasteiger partial charge in [0.25, 0.3) is 0 Å². The topological polar surface area (TPSA) is 26.3 Å². The van der Waals surface area contributed by atoms with Gasteiger partial charge in [0, 0.05) is 16.5 Å². The Morgan fingerprint density at radius 1 is 1.38 bits per heavy atom. The molecule has 0 spiro atoms. The minimum Gasteiger partial charge on any atom is -0.406 e. The molecule has 0 amide bonds. The molecule has 1 aromatic rings. The molecule has 0 aliphatic heterocycles. The summed E-state index contributed by atoms with van der Waals surface area (Å²) in [6, 6.07) is 3.68. The van der Waals surface area contributed by atoms with E-state index in [-0.39, 0.29) is 17.8 Å². The van der Waals surface area contributed by atoms with Gasteiger partial charge in [-0.05, 0) is 18.2 Å². The highest BCUT2D eigenvalue weighted by Gasteiger charge is 2.31. The molecule has 2 nitrogen and oxygen atoms in total. The number of ether oxygens (including phenoxy) is 1. The number of hydrogen-bond acceptors (Lipinski definition) is 2. The molecule has 0 heterocycles. The highest BCUT2D eigenvalue weighted by molar-refractivity contribution is 9.10. The molecule has 6 heteroatoms. The average Bonchev–Trinajstić information content (AvgIpc) is 2.12. The van der Waals surface area contributed by atoms with Crippen LogP contribution in [0.2, 0.25) is 0 Å². The van der Waals surface area contributed by atoms with E-state index in [4.69, 9.17) is 0 Å². The molecule has 0 atom stereocenters. The zero-order chi connectivity index (χ0) is 12.3. The van der Waals surface area contributed by atoms with Gasteiger partial charge in [0.1, 0.15) is 5.75 Å². The van der Waals surface area contributed by atoms with E-state index >= 15 is 0 Å². The summed E-state index contributed by atoms with van der Waals surface area (Å²) in [6.07, 6.45) is -4.53. The molecule has 1 aromatic carbocycles. The van der Waals surface area contributed by atoms with Gasteiger partial charge in [0.2, 0.25) is 0 Å². The van der Waals surface area contributed by atoms with Gasteiger partial charge in [-0.1, -0.05) is 22.9 Å². The second kappa shape index (κ2) is 4.86. The molecule has 0 N–H and O–H groups in total. The van der Waals surface area contributed by atoms with E-state index in [1.807, 2.05) is 0 Å². The number of ketones is 1. The Bertz CT molecular complexity index is 402. The summed E-state index contributed by atoms with van der Waals surface area (Å²) in [6.45, 7) is 1.63. The maximum Gasteiger partial charge on any atom is 0.573 e. The normalized spacial score (nSPS) is 11.3. The molecule has 0 radical (unpaired) electrons. The number of alkyl halides is 3. The molecular formula is C10H8BrF3O2. The Kier molecular flexibility index (Phi) is 3.96. The Morgan fingerprint density at radius 3 is 2.50 bits per heavy atom. The van der Waals surface area contributed by atoms with Crippen LogP contribution in [0.5, 0.6) is 5.75 Å². The van der Waals surface area contributed by atoms with Crippen molar-refractivity contribution in [3.8, 4) is 5.75 Å². The van der Waals surface area contributed by atoms with Crippen molar-refractivity contribution in [2.45, 2.75) is 19.7 Å². The van der Waals surface area contributed by atoms with E-state index in [2.05, 4.69) is 20.7 Å². The number of carbonyl (C=O) groups excluding carboxylic acids is 1. The number of benzene rings is 1. The third-order valence-electron chi connectivity index (χ3n) is 1.75. The summed E-state index contributed by atoms with van der Waals surface area (Å²) in [7, 11) is 0. The van der Waals surface area contributed by atoms with Crippen LogP contribution in [0.15, 0.2) is 22.7 Å². The number of Topliss-reactive ketones (excluding diaryl/α,β-unsaturated/α-hetero) is 1. The van der Waals surface area contributed by atoms with E-state index in [0.29, 0.717) is 4.47 Å². The smallest absolute Gasteiger partial charge is 0.406 e. The van der Waals surface area contributed by atoms with Crippen molar-refractivity contribution in [3.05, 3.63) is 28.2 Å². The summed E-state index contributed by atoms with van der Waals surface area (Å²) in [5, 5.41) is 0. The van der Waals surface area contributed by atoms with Crippen molar-refractivity contribution in [2.24, 2.45) is 0 Å². The highest BCUT2D eigenvalue weighted by atomic mass is 79.9. The molecule has 0 aliphatic rings. The lowest BCUT2D eigenvalue weighted by atomic mass is 10.1. The van der Waals surface area contributed by atoms with Crippen LogP contribution in [0.3, 0.4) is 0 Å². The fraction of sp³-hybridized carbons (Fsp3) is 0.300. The maximum absolute atomic E-state index is 12.0. The molecule has 88 valence electrons. The summed E-state index contributed by atoms with van der Waals surface area (Å²) in [5.41, 5.74) is 0.191. The molecule has 0 aliphatic carbocycles. The van der Waals surface area contributed by atoms with E-state index < -0.39 is 12.1 Å². The van der Waals surface area contributed by atoms with Crippen LogP contribution in [0.25, 0.3) is 0 Å². The predicted octanol–water partition coefficient (Wildman–Crippen LogP) is 3.94. The summed E-state index contributed by atoms with van der Waals surface area (Å²) in [4.78, 5) is 11.3. The van der Waals surface area contributed by atoms with Crippen molar-refractivity contribution in [1.82, 2.24) is 0 Å². The third-order valence-corrected chi connectivity index (χ3v) is 2.21. The minimum atomic E-state index is -4.76. The lowest BCUT2D eigenvalue weighted by Gasteiger charge is -2.10. The van der Waals surface area contributed by atoms with Crippen molar-refractivity contribution < 1.29 is 22.7 Å². The SMILES string of the molecule is CCC(=O)c1cc(Br)cc(OC(F)(F)F)c1. The van der Waals surface area contributed by atoms with Crippen LogP contribution >= 0.6 is 15.9 Å². The molecule has 0 aromatic heterocycles. The Labute approximate surface area is 98.5 Å². The van der Waals surface area contributed by atoms with Gasteiger partial charge < -0.3 is 4.74 Å². The molecule has 1 rings (SSSR count). The summed E-state index contributed by atoms with van der Waals surface area (Å²) in [5.74, 6) is -0.646. The van der Waals surface area contributed by atoms with E-state index in [9.17, 15) is 18.0 Å². The first-order valence-electron chi connectivity index (χ1n) is 4.41. The fourth-order valence-corrected chi connectivity index (χ4v) is 1.59. The molecule has 0 saturated heterocycles. The second-order valence-corrected chi connectivity index (χ2v) is 3.92. The standard InChI is InChI=1S/C10H8BrF3O2/c1-2-9(15)6-3-7(11)5-8(4-6)16-10(12,13)14/h3-5H,2H2,1H3. The first-order valence-corrected chi connectivity index (χ1v) is 5.20. The number of rotatable bonds is 3. The third kappa shape index (κ3) is 3.84. The second-order valence-electron chi connectivity index (χ2n) is 3.00. The van der Waals surface area contributed by atoms with E-state index in [1.165, 1.54) is 6.07 Å². The summed E-state index contributed by atoms with van der Waals surface area (Å²) < 4.78 is 40.0. The van der Waals surface area contributed by atoms with Crippen LogP contribution in [0.4, 0.5) is 13.2 Å². The zero-order valence-corrected chi connectivity index (χ0v) is 9.85. The average molecular weight is 297 g/mol. The fourth-order valence-electron chi connectivity index (χ4n) is 1.12. The first-order chi connectivity index (χ1) is 7.31. The Balaban J connectivity index is 3.03. The molecular weight excluding hydrogens is 289 g/mol. The van der Waals surface area contributed by atoms with Gasteiger partial charge in [0.15, 0.2) is 5.78 Å². The largest absolute Gasteiger partial charge is 0.573 e. The van der Waals surface area contributed by atoms with Gasteiger partial charge in [-0.2, -0.15) is 0 Å². The van der Waals surface area contributed by atoms with Crippen LogP contribution in [-0.2, 0) is 0 Å². The predicted molar refractivity (Wildman–Crippen MR) is 55.4 cm³/mol. The minimum absolute atomic E-state index is 0.191. The van der Waals surface area contributed by atoms with Gasteiger partial charge in [-0.25, -0.2) is 0 Å². The van der Waals surface area contributed by atoms with Gasteiger partial charge >= 0.3 is 6.36 Å². The number of halogens is 4. The molecule has 0 fully saturated rings. The van der Waals surface area contributed by atoms with Crippen LogP contribution in [0.1, 0.15) is 23.7 Å². The van der Waals surface area contributed by atoms with Gasteiger partial charge in [-0.3, -0.25) is 4.79 Å². The lowest BCUT2D eigenvalue weighted by Crippen LogP contribution is -2.17. The van der Waals surface area contributed by atoms with E-state index in [0.717, 1.165) is 12.1 Å². The Hall–Kier alpha value is -1.04. The van der Waals surface area contributed by atoms with Crippen molar-refractivity contribution in [2.75, 3.05) is 0 Å². The zero-order valence-electron chi connectivity index (χ0n) is 8.27. The molecule has 0 unspecified atom stereocenters. The van der Waals surface area contributed by atoms with E-state index in [1.54, 1.807) is 6.92 Å². The lowest BCUT2D eigenvalue weighted by molar-refractivity contribution is -0.274. The van der Waals surface area contributed by atoms with Gasteiger partial charge in [0.05, 0.1) is 0 Å². The molecule has 0 saturated carbocycles. The Morgan fingerprint density at radius 2 is 2.00 bits per heavy atom.